The van der Waals surface area contributed by atoms with Crippen LogP contribution in [-0.4, -0.2) is 4.57 Å². The van der Waals surface area contributed by atoms with Gasteiger partial charge in [0.2, 0.25) is 0 Å². The molecule has 0 fully saturated rings. The van der Waals surface area contributed by atoms with Crippen LogP contribution >= 0.6 is 0 Å². The minimum atomic E-state index is 0.104. The summed E-state index contributed by atoms with van der Waals surface area (Å²) in [6.45, 7) is 5.17. The fraction of sp³-hybridized carbons (Fsp3) is 0.333. The van der Waals surface area contributed by atoms with Crippen molar-refractivity contribution >= 4 is 10.9 Å². The van der Waals surface area contributed by atoms with Crippen molar-refractivity contribution in [2.45, 2.75) is 26.4 Å². The quantitative estimate of drug-likeness (QED) is 0.771. The molecule has 1 atom stereocenters. The Kier molecular flexibility index (Phi) is 2.30. The molecule has 74 valence electrons. The second kappa shape index (κ2) is 3.46. The van der Waals surface area contributed by atoms with Crippen LogP contribution in [0.25, 0.3) is 10.9 Å². The highest BCUT2D eigenvalue weighted by Gasteiger charge is 2.09. The Labute approximate surface area is 84.3 Å². The van der Waals surface area contributed by atoms with Gasteiger partial charge < -0.3 is 10.3 Å². The first-order chi connectivity index (χ1) is 6.74. The Balaban J connectivity index is 2.73. The summed E-state index contributed by atoms with van der Waals surface area (Å²) >= 11 is 0. The molecule has 0 aliphatic rings. The maximum atomic E-state index is 5.93. The van der Waals surface area contributed by atoms with Gasteiger partial charge in [0.25, 0.3) is 0 Å². The van der Waals surface area contributed by atoms with E-state index < -0.39 is 0 Å². The molecule has 1 aromatic carbocycles. The molecule has 1 aromatic heterocycles. The molecule has 0 unspecified atom stereocenters. The van der Waals surface area contributed by atoms with Crippen LogP contribution in [-0.2, 0) is 6.54 Å². The summed E-state index contributed by atoms with van der Waals surface area (Å²) in [4.78, 5) is 0. The molecular formula is C12H16N2. The van der Waals surface area contributed by atoms with Crippen LogP contribution < -0.4 is 5.73 Å². The van der Waals surface area contributed by atoms with Gasteiger partial charge in [0.05, 0.1) is 0 Å². The van der Waals surface area contributed by atoms with Crippen molar-refractivity contribution in [1.29, 1.82) is 0 Å². The normalized spacial score (nSPS) is 13.4. The fourth-order valence-electron chi connectivity index (χ4n) is 1.90. The van der Waals surface area contributed by atoms with E-state index in [1.54, 1.807) is 0 Å². The molecule has 0 amide bonds. The smallest absolute Gasteiger partial charge is 0.0483 e. The number of fused-ring (bicyclic) bond motifs is 1. The van der Waals surface area contributed by atoms with Crippen molar-refractivity contribution < 1.29 is 0 Å². The number of para-hydroxylation sites is 1. The highest BCUT2D eigenvalue weighted by atomic mass is 15.0. The Morgan fingerprint density at radius 1 is 1.36 bits per heavy atom. The molecule has 1 heterocycles. The van der Waals surface area contributed by atoms with Gasteiger partial charge in [-0.2, -0.15) is 0 Å². The van der Waals surface area contributed by atoms with Gasteiger partial charge in [-0.05, 0) is 25.5 Å². The first-order valence-electron chi connectivity index (χ1n) is 5.07. The number of hydrogen-bond acceptors (Lipinski definition) is 1. The Hall–Kier alpha value is -1.28. The van der Waals surface area contributed by atoms with Crippen LogP contribution in [0, 0.1) is 0 Å². The molecule has 2 heteroatoms. The van der Waals surface area contributed by atoms with E-state index in [-0.39, 0.29) is 6.04 Å². The van der Waals surface area contributed by atoms with Gasteiger partial charge >= 0.3 is 0 Å². The summed E-state index contributed by atoms with van der Waals surface area (Å²) in [6, 6.07) is 8.52. The number of hydrogen-bond donors (Lipinski definition) is 1. The zero-order valence-electron chi connectivity index (χ0n) is 8.70. The van der Waals surface area contributed by atoms with Gasteiger partial charge in [-0.15, -0.1) is 0 Å². The van der Waals surface area contributed by atoms with Crippen molar-refractivity contribution in [3.8, 4) is 0 Å². The Bertz CT molecular complexity index is 441. The number of nitrogens with zero attached hydrogens (tertiary/aromatic N) is 1. The molecule has 0 spiro atoms. The van der Waals surface area contributed by atoms with Crippen LogP contribution in [0.1, 0.15) is 25.5 Å². The van der Waals surface area contributed by atoms with E-state index in [9.17, 15) is 0 Å². The maximum Gasteiger partial charge on any atom is 0.0483 e. The van der Waals surface area contributed by atoms with Gasteiger partial charge in [0.15, 0.2) is 0 Å². The zero-order chi connectivity index (χ0) is 10.1. The minimum Gasteiger partial charge on any atom is -0.347 e. The molecular weight excluding hydrogens is 172 g/mol. The molecule has 2 rings (SSSR count). The van der Waals surface area contributed by atoms with E-state index in [1.165, 1.54) is 16.5 Å². The summed E-state index contributed by atoms with van der Waals surface area (Å²) in [5, 5.41) is 1.28. The maximum absolute atomic E-state index is 5.93. The third-order valence-electron chi connectivity index (χ3n) is 2.65. The third-order valence-corrected chi connectivity index (χ3v) is 2.65. The average molecular weight is 188 g/mol. The van der Waals surface area contributed by atoms with Crippen molar-refractivity contribution in [2.75, 3.05) is 0 Å². The summed E-state index contributed by atoms with van der Waals surface area (Å²) in [7, 11) is 0. The van der Waals surface area contributed by atoms with Gasteiger partial charge in [0.1, 0.15) is 0 Å². The second-order valence-corrected chi connectivity index (χ2v) is 3.68. The highest BCUT2D eigenvalue weighted by molar-refractivity contribution is 5.84. The molecule has 0 bridgehead atoms. The molecule has 0 aliphatic carbocycles. The highest BCUT2D eigenvalue weighted by Crippen LogP contribution is 2.24. The lowest BCUT2D eigenvalue weighted by molar-refractivity contribution is 0.770. The molecule has 0 saturated carbocycles. The van der Waals surface area contributed by atoms with Crippen LogP contribution in [0.4, 0.5) is 0 Å². The largest absolute Gasteiger partial charge is 0.347 e. The van der Waals surface area contributed by atoms with Crippen LogP contribution in [0.2, 0.25) is 0 Å². The van der Waals surface area contributed by atoms with Crippen molar-refractivity contribution in [3.63, 3.8) is 0 Å². The molecule has 2 nitrogen and oxygen atoms in total. The van der Waals surface area contributed by atoms with Gasteiger partial charge in [0, 0.05) is 29.7 Å². The van der Waals surface area contributed by atoms with E-state index in [0.29, 0.717) is 0 Å². The Morgan fingerprint density at radius 2 is 2.07 bits per heavy atom. The average Bonchev–Trinajstić information content (AvgIpc) is 2.56. The van der Waals surface area contributed by atoms with Crippen LogP contribution in [0.3, 0.4) is 0 Å². The monoisotopic (exact) mass is 188 g/mol. The Morgan fingerprint density at radius 3 is 2.71 bits per heavy atom. The number of benzene rings is 1. The lowest BCUT2D eigenvalue weighted by atomic mass is 10.1. The van der Waals surface area contributed by atoms with Gasteiger partial charge in [-0.25, -0.2) is 0 Å². The molecule has 2 aromatic rings. The summed E-state index contributed by atoms with van der Waals surface area (Å²) in [5.74, 6) is 0. The number of aromatic nitrogens is 1. The lowest BCUT2D eigenvalue weighted by Crippen LogP contribution is -2.03. The third kappa shape index (κ3) is 1.32. The van der Waals surface area contributed by atoms with E-state index in [1.807, 2.05) is 6.92 Å². The van der Waals surface area contributed by atoms with Gasteiger partial charge in [-0.3, -0.25) is 0 Å². The van der Waals surface area contributed by atoms with E-state index >= 15 is 0 Å². The fourth-order valence-corrected chi connectivity index (χ4v) is 1.90. The molecule has 0 aliphatic heterocycles. The summed E-state index contributed by atoms with van der Waals surface area (Å²) in [6.07, 6.45) is 2.16. The summed E-state index contributed by atoms with van der Waals surface area (Å²) in [5.41, 5.74) is 8.45. The SMILES string of the molecule is CCn1cc([C@@H](C)N)c2ccccc21. The van der Waals surface area contributed by atoms with E-state index in [4.69, 9.17) is 5.73 Å². The lowest BCUT2D eigenvalue weighted by Gasteiger charge is -2.01. The first kappa shape index (κ1) is 9.28. The predicted octanol–water partition coefficient (Wildman–Crippen LogP) is 2.68. The standard InChI is InChI=1S/C12H16N2/c1-3-14-8-11(9(2)13)10-6-4-5-7-12(10)14/h4-9H,3,13H2,1-2H3/t9-/m1/s1. The molecule has 0 saturated heterocycles. The minimum absolute atomic E-state index is 0.104. The van der Waals surface area contributed by atoms with Crippen LogP contribution in [0.15, 0.2) is 30.5 Å². The van der Waals surface area contributed by atoms with Gasteiger partial charge in [-0.1, -0.05) is 18.2 Å². The number of rotatable bonds is 2. The topological polar surface area (TPSA) is 30.9 Å². The molecule has 0 radical (unpaired) electrons. The van der Waals surface area contributed by atoms with Crippen molar-refractivity contribution in [1.82, 2.24) is 4.57 Å². The van der Waals surface area contributed by atoms with Crippen molar-refractivity contribution in [2.24, 2.45) is 5.73 Å². The first-order valence-corrected chi connectivity index (χ1v) is 5.07. The second-order valence-electron chi connectivity index (χ2n) is 3.68. The van der Waals surface area contributed by atoms with E-state index in [0.717, 1.165) is 6.54 Å². The van der Waals surface area contributed by atoms with E-state index in [2.05, 4.69) is 42.0 Å². The zero-order valence-corrected chi connectivity index (χ0v) is 8.70. The number of nitrogens with two attached hydrogens (primary N) is 1. The van der Waals surface area contributed by atoms with Crippen LogP contribution in [0.5, 0.6) is 0 Å². The van der Waals surface area contributed by atoms with Crippen molar-refractivity contribution in [3.05, 3.63) is 36.0 Å². The number of aryl methyl sites for hydroxylation is 1. The summed E-state index contributed by atoms with van der Waals surface area (Å²) < 4.78 is 2.24. The molecule has 14 heavy (non-hydrogen) atoms. The predicted molar refractivity (Wildman–Crippen MR) is 60.2 cm³/mol. The molecule has 2 N–H and O–H groups in total.